The first-order valence-electron chi connectivity index (χ1n) is 3.89. The van der Waals surface area contributed by atoms with E-state index in [9.17, 15) is 9.50 Å². The molecule has 0 bridgehead atoms. The van der Waals surface area contributed by atoms with Crippen molar-refractivity contribution in [2.45, 2.75) is 0 Å². The number of H-pyrrole nitrogens is 1. The lowest BCUT2D eigenvalue weighted by Gasteiger charge is -2.01. The molecule has 0 amide bonds. The molecule has 0 aliphatic rings. The summed E-state index contributed by atoms with van der Waals surface area (Å²) in [5.74, 6) is -0.491. The van der Waals surface area contributed by atoms with Gasteiger partial charge < -0.3 is 10.1 Å². The second-order valence-electron chi connectivity index (χ2n) is 2.75. The number of phenolic OH excluding ortho intramolecular Hbond substituents is 1. The van der Waals surface area contributed by atoms with E-state index in [4.69, 9.17) is 0 Å². The highest BCUT2D eigenvalue weighted by atomic mass is 19.1. The summed E-state index contributed by atoms with van der Waals surface area (Å²) in [6.07, 6.45) is 1.75. The molecule has 0 fully saturated rings. The van der Waals surface area contributed by atoms with Crippen LogP contribution in [-0.2, 0) is 0 Å². The molecule has 1 aromatic heterocycles. The highest BCUT2D eigenvalue weighted by molar-refractivity contribution is 5.66. The molecule has 0 saturated heterocycles. The second-order valence-corrected chi connectivity index (χ2v) is 2.75. The molecule has 2 N–H and O–H groups in total. The van der Waals surface area contributed by atoms with Crippen LogP contribution in [0.15, 0.2) is 36.5 Å². The zero-order chi connectivity index (χ0) is 9.26. The third kappa shape index (κ3) is 1.40. The van der Waals surface area contributed by atoms with Gasteiger partial charge in [0.1, 0.15) is 11.6 Å². The van der Waals surface area contributed by atoms with Crippen molar-refractivity contribution in [1.82, 2.24) is 4.98 Å². The van der Waals surface area contributed by atoms with Gasteiger partial charge in [0, 0.05) is 23.5 Å². The highest BCUT2D eigenvalue weighted by Crippen LogP contribution is 2.27. The van der Waals surface area contributed by atoms with Crippen LogP contribution in [-0.4, -0.2) is 10.1 Å². The molecule has 2 rings (SSSR count). The molecule has 0 saturated carbocycles. The van der Waals surface area contributed by atoms with Crippen molar-refractivity contribution in [2.75, 3.05) is 0 Å². The lowest BCUT2D eigenvalue weighted by molar-refractivity contribution is 0.471. The van der Waals surface area contributed by atoms with E-state index in [0.717, 1.165) is 11.8 Å². The molecule has 2 nitrogen and oxygen atoms in total. The summed E-state index contributed by atoms with van der Waals surface area (Å²) in [4.78, 5) is 2.93. The van der Waals surface area contributed by atoms with E-state index in [1.807, 2.05) is 12.1 Å². The summed E-state index contributed by atoms with van der Waals surface area (Å²) >= 11 is 0. The Balaban J connectivity index is 2.53. The molecule has 0 aliphatic heterocycles. The molecule has 66 valence electrons. The third-order valence-corrected chi connectivity index (χ3v) is 1.85. The van der Waals surface area contributed by atoms with Crippen LogP contribution in [0.2, 0.25) is 0 Å². The first kappa shape index (κ1) is 7.86. The Kier molecular flexibility index (Phi) is 1.77. The van der Waals surface area contributed by atoms with Gasteiger partial charge in [-0.1, -0.05) is 0 Å². The van der Waals surface area contributed by atoms with Crippen molar-refractivity contribution in [3.8, 4) is 17.0 Å². The minimum Gasteiger partial charge on any atom is -0.507 e. The summed E-state index contributed by atoms with van der Waals surface area (Å²) in [5, 5.41) is 9.40. The maximum absolute atomic E-state index is 12.6. The molecule has 1 heterocycles. The highest BCUT2D eigenvalue weighted by Gasteiger charge is 2.04. The fourth-order valence-electron chi connectivity index (χ4n) is 1.23. The predicted molar refractivity (Wildman–Crippen MR) is 47.9 cm³/mol. The normalized spacial score (nSPS) is 10.2. The number of halogens is 1. The van der Waals surface area contributed by atoms with Gasteiger partial charge in [-0.25, -0.2) is 4.39 Å². The fourth-order valence-corrected chi connectivity index (χ4v) is 1.23. The van der Waals surface area contributed by atoms with Crippen LogP contribution < -0.4 is 0 Å². The Hall–Kier alpha value is -1.77. The van der Waals surface area contributed by atoms with E-state index >= 15 is 0 Å². The van der Waals surface area contributed by atoms with Crippen LogP contribution in [0.1, 0.15) is 0 Å². The van der Waals surface area contributed by atoms with Crippen molar-refractivity contribution in [3.05, 3.63) is 42.3 Å². The first-order chi connectivity index (χ1) is 6.27. The Morgan fingerprint density at radius 2 is 2.08 bits per heavy atom. The number of aromatic nitrogens is 1. The van der Waals surface area contributed by atoms with E-state index in [0.29, 0.717) is 5.56 Å². The molecule has 0 radical (unpaired) electrons. The molecular formula is C10H8FNO. The van der Waals surface area contributed by atoms with Gasteiger partial charge in [0.25, 0.3) is 0 Å². The zero-order valence-electron chi connectivity index (χ0n) is 6.79. The topological polar surface area (TPSA) is 36.0 Å². The second kappa shape index (κ2) is 2.94. The molecule has 1 aromatic carbocycles. The Morgan fingerprint density at radius 1 is 1.23 bits per heavy atom. The van der Waals surface area contributed by atoms with Crippen LogP contribution >= 0.6 is 0 Å². The molecule has 0 unspecified atom stereocenters. The van der Waals surface area contributed by atoms with Gasteiger partial charge in [0.2, 0.25) is 0 Å². The van der Waals surface area contributed by atoms with Crippen LogP contribution in [0.5, 0.6) is 5.75 Å². The molecule has 0 aliphatic carbocycles. The summed E-state index contributed by atoms with van der Waals surface area (Å²) in [6, 6.07) is 7.58. The number of aromatic hydroxyl groups is 1. The minimum absolute atomic E-state index is 0.0533. The maximum Gasteiger partial charge on any atom is 0.127 e. The number of rotatable bonds is 1. The number of hydrogen-bond donors (Lipinski definition) is 2. The summed E-state index contributed by atoms with van der Waals surface area (Å²) in [7, 11) is 0. The van der Waals surface area contributed by atoms with Gasteiger partial charge in [-0.2, -0.15) is 0 Å². The van der Waals surface area contributed by atoms with Gasteiger partial charge in [0.05, 0.1) is 0 Å². The number of nitrogens with one attached hydrogen (secondary N) is 1. The zero-order valence-corrected chi connectivity index (χ0v) is 6.79. The third-order valence-electron chi connectivity index (χ3n) is 1.85. The number of benzene rings is 1. The van der Waals surface area contributed by atoms with Crippen LogP contribution in [0.25, 0.3) is 11.3 Å². The lowest BCUT2D eigenvalue weighted by Crippen LogP contribution is -1.80. The minimum atomic E-state index is -0.437. The van der Waals surface area contributed by atoms with Crippen molar-refractivity contribution >= 4 is 0 Å². The fraction of sp³-hybridized carbons (Fsp3) is 0. The summed E-state index contributed by atoms with van der Waals surface area (Å²) in [5.41, 5.74) is 1.38. The van der Waals surface area contributed by atoms with Gasteiger partial charge in [-0.05, 0) is 24.3 Å². The van der Waals surface area contributed by atoms with Crippen LogP contribution in [0.4, 0.5) is 4.39 Å². The molecule has 0 atom stereocenters. The molecule has 2 aromatic rings. The van der Waals surface area contributed by atoms with Crippen LogP contribution in [0, 0.1) is 5.82 Å². The number of aromatic amines is 1. The molecule has 0 spiro atoms. The molecule has 3 heteroatoms. The lowest BCUT2D eigenvalue weighted by atomic mass is 10.1. The first-order valence-corrected chi connectivity index (χ1v) is 3.89. The van der Waals surface area contributed by atoms with Crippen LogP contribution in [0.3, 0.4) is 0 Å². The van der Waals surface area contributed by atoms with Crippen molar-refractivity contribution in [1.29, 1.82) is 0 Å². The number of phenols is 1. The summed E-state index contributed by atoms with van der Waals surface area (Å²) < 4.78 is 12.6. The SMILES string of the molecule is Oc1cc(F)ccc1-c1ccc[nH]1. The maximum atomic E-state index is 12.6. The Labute approximate surface area is 74.7 Å². The number of hydrogen-bond acceptors (Lipinski definition) is 1. The standard InChI is InChI=1S/C10H8FNO/c11-7-3-4-8(10(13)6-7)9-2-1-5-12-9/h1-6,12-13H. The monoisotopic (exact) mass is 177 g/mol. The van der Waals surface area contributed by atoms with Gasteiger partial charge in [-0.3, -0.25) is 0 Å². The largest absolute Gasteiger partial charge is 0.507 e. The van der Waals surface area contributed by atoms with E-state index < -0.39 is 5.82 Å². The van der Waals surface area contributed by atoms with E-state index in [-0.39, 0.29) is 5.75 Å². The summed E-state index contributed by atoms with van der Waals surface area (Å²) in [6.45, 7) is 0. The average Bonchev–Trinajstić information content (AvgIpc) is 2.56. The Morgan fingerprint density at radius 3 is 2.69 bits per heavy atom. The van der Waals surface area contributed by atoms with Gasteiger partial charge in [-0.15, -0.1) is 0 Å². The van der Waals surface area contributed by atoms with Crippen molar-refractivity contribution in [3.63, 3.8) is 0 Å². The van der Waals surface area contributed by atoms with Gasteiger partial charge >= 0.3 is 0 Å². The van der Waals surface area contributed by atoms with Crippen molar-refractivity contribution < 1.29 is 9.50 Å². The van der Waals surface area contributed by atoms with E-state index in [1.165, 1.54) is 12.1 Å². The quantitative estimate of drug-likeness (QED) is 0.689. The Bertz CT molecular complexity index is 409. The van der Waals surface area contributed by atoms with Crippen molar-refractivity contribution in [2.24, 2.45) is 0 Å². The van der Waals surface area contributed by atoms with Gasteiger partial charge in [0.15, 0.2) is 0 Å². The smallest absolute Gasteiger partial charge is 0.127 e. The van der Waals surface area contributed by atoms with E-state index in [1.54, 1.807) is 6.20 Å². The molecule has 13 heavy (non-hydrogen) atoms. The molecular weight excluding hydrogens is 169 g/mol. The average molecular weight is 177 g/mol. The predicted octanol–water partition coefficient (Wildman–Crippen LogP) is 2.53. The van der Waals surface area contributed by atoms with E-state index in [2.05, 4.69) is 4.98 Å².